The number of benzene rings is 1. The molecule has 0 radical (unpaired) electrons. The number of nitrogens with one attached hydrogen (secondary N) is 1. The first-order valence-electron chi connectivity index (χ1n) is 6.22. The number of halogens is 1. The smallest absolute Gasteiger partial charge is 0.248 e. The molecule has 1 atom stereocenters. The van der Waals surface area contributed by atoms with Crippen LogP contribution in [-0.2, 0) is 11.8 Å². The molecule has 0 saturated heterocycles. The van der Waals surface area contributed by atoms with Gasteiger partial charge in [-0.25, -0.2) is 4.39 Å². The molecule has 0 aliphatic carbocycles. The van der Waals surface area contributed by atoms with Crippen molar-refractivity contribution in [3.05, 3.63) is 48.0 Å². The number of aromatic nitrogens is 2. The van der Waals surface area contributed by atoms with Crippen molar-refractivity contribution in [2.75, 3.05) is 19.0 Å². The van der Waals surface area contributed by atoms with Gasteiger partial charge >= 0.3 is 0 Å². The fourth-order valence-electron chi connectivity index (χ4n) is 2.01. The summed E-state index contributed by atoms with van der Waals surface area (Å²) in [5, 5.41) is 7.04. The van der Waals surface area contributed by atoms with Gasteiger partial charge in [-0.15, -0.1) is 0 Å². The van der Waals surface area contributed by atoms with Crippen LogP contribution in [0.15, 0.2) is 36.7 Å². The van der Waals surface area contributed by atoms with Gasteiger partial charge in [-0.1, -0.05) is 0 Å². The van der Waals surface area contributed by atoms with Crippen LogP contribution in [0.25, 0.3) is 0 Å². The topological polar surface area (TPSA) is 50.2 Å². The molecule has 0 saturated carbocycles. The number of hydrogen-bond donors (Lipinski definition) is 1. The van der Waals surface area contributed by atoms with Crippen LogP contribution in [0.4, 0.5) is 10.1 Å². The summed E-state index contributed by atoms with van der Waals surface area (Å²) >= 11 is 0. The Morgan fingerprint density at radius 3 is 2.55 bits per heavy atom. The van der Waals surface area contributed by atoms with E-state index in [4.69, 9.17) is 0 Å². The molecule has 1 aromatic heterocycles. The molecule has 2 rings (SSSR count). The van der Waals surface area contributed by atoms with E-state index in [9.17, 15) is 9.18 Å². The van der Waals surface area contributed by atoms with Crippen LogP contribution in [0.2, 0.25) is 0 Å². The molecule has 0 spiro atoms. The number of anilines is 1. The number of nitrogens with zero attached hydrogens (tertiary/aromatic N) is 3. The minimum atomic E-state index is -0.487. The minimum absolute atomic E-state index is 0.132. The van der Waals surface area contributed by atoms with Crippen LogP contribution in [-0.4, -0.2) is 29.8 Å². The van der Waals surface area contributed by atoms with Crippen molar-refractivity contribution in [2.24, 2.45) is 7.05 Å². The van der Waals surface area contributed by atoms with E-state index in [1.54, 1.807) is 50.4 Å². The van der Waals surface area contributed by atoms with Crippen LogP contribution >= 0.6 is 0 Å². The van der Waals surface area contributed by atoms with E-state index in [0.29, 0.717) is 5.69 Å². The van der Waals surface area contributed by atoms with Crippen molar-refractivity contribution in [3.8, 4) is 0 Å². The molecule has 6 heteroatoms. The standard InChI is InChI=1S/C14H17FN4O/c1-16-13(10-8-17-18(2)9-10)14(20)19(3)12-6-4-11(15)5-7-12/h4-9,13,16H,1-3H3. The summed E-state index contributed by atoms with van der Waals surface area (Å²) < 4.78 is 14.6. The van der Waals surface area contributed by atoms with Gasteiger partial charge in [0, 0.05) is 31.5 Å². The molecule has 1 amide bonds. The fraction of sp³-hybridized carbons (Fsp3) is 0.286. The number of amides is 1. The van der Waals surface area contributed by atoms with Crippen molar-refractivity contribution >= 4 is 11.6 Å². The average Bonchev–Trinajstić information content (AvgIpc) is 2.86. The molecule has 0 aliphatic rings. The Labute approximate surface area is 117 Å². The third-order valence-corrected chi connectivity index (χ3v) is 3.14. The SMILES string of the molecule is CNC(C(=O)N(C)c1ccc(F)cc1)c1cnn(C)c1. The Morgan fingerprint density at radius 2 is 2.05 bits per heavy atom. The number of aryl methyl sites for hydroxylation is 1. The summed E-state index contributed by atoms with van der Waals surface area (Å²) in [6.45, 7) is 0. The summed E-state index contributed by atoms with van der Waals surface area (Å²) in [5.74, 6) is -0.459. The quantitative estimate of drug-likeness (QED) is 0.920. The van der Waals surface area contributed by atoms with Gasteiger partial charge in [-0.2, -0.15) is 5.10 Å². The average molecular weight is 276 g/mol. The summed E-state index contributed by atoms with van der Waals surface area (Å²) in [4.78, 5) is 14.0. The van der Waals surface area contributed by atoms with Crippen LogP contribution in [0.3, 0.4) is 0 Å². The number of hydrogen-bond acceptors (Lipinski definition) is 3. The molecule has 1 N–H and O–H groups in total. The molecule has 1 unspecified atom stereocenters. The zero-order valence-corrected chi connectivity index (χ0v) is 11.7. The lowest BCUT2D eigenvalue weighted by Crippen LogP contribution is -2.37. The molecule has 1 heterocycles. The van der Waals surface area contributed by atoms with E-state index in [1.807, 2.05) is 0 Å². The maximum absolute atomic E-state index is 12.9. The summed E-state index contributed by atoms with van der Waals surface area (Å²) in [6, 6.07) is 5.32. The molecule has 0 bridgehead atoms. The largest absolute Gasteiger partial charge is 0.314 e. The van der Waals surface area contributed by atoms with Gasteiger partial charge in [0.05, 0.1) is 6.20 Å². The predicted molar refractivity (Wildman–Crippen MR) is 74.8 cm³/mol. The number of carbonyl (C=O) groups is 1. The van der Waals surface area contributed by atoms with Crippen LogP contribution in [0.1, 0.15) is 11.6 Å². The lowest BCUT2D eigenvalue weighted by Gasteiger charge is -2.23. The number of rotatable bonds is 4. The van der Waals surface area contributed by atoms with Gasteiger partial charge in [0.15, 0.2) is 0 Å². The van der Waals surface area contributed by atoms with E-state index in [0.717, 1.165) is 5.56 Å². The Kier molecular flexibility index (Phi) is 4.14. The first-order valence-corrected chi connectivity index (χ1v) is 6.22. The third-order valence-electron chi connectivity index (χ3n) is 3.14. The minimum Gasteiger partial charge on any atom is -0.314 e. The Balaban J connectivity index is 2.22. The lowest BCUT2D eigenvalue weighted by molar-refractivity contribution is -0.120. The van der Waals surface area contributed by atoms with Gasteiger partial charge in [-0.3, -0.25) is 9.48 Å². The highest BCUT2D eigenvalue weighted by Gasteiger charge is 2.24. The van der Waals surface area contributed by atoms with Crippen molar-refractivity contribution in [1.82, 2.24) is 15.1 Å². The van der Waals surface area contributed by atoms with Crippen LogP contribution < -0.4 is 10.2 Å². The maximum Gasteiger partial charge on any atom is 0.248 e. The zero-order chi connectivity index (χ0) is 14.7. The number of likely N-dealkylation sites (N-methyl/N-ethyl adjacent to an activating group) is 2. The van der Waals surface area contributed by atoms with Crippen LogP contribution in [0, 0.1) is 5.82 Å². The zero-order valence-electron chi connectivity index (χ0n) is 11.7. The normalized spacial score (nSPS) is 12.2. The van der Waals surface area contributed by atoms with Crippen molar-refractivity contribution < 1.29 is 9.18 Å². The first-order chi connectivity index (χ1) is 9.52. The molecular weight excluding hydrogens is 259 g/mol. The highest BCUT2D eigenvalue weighted by molar-refractivity contribution is 5.97. The second-order valence-electron chi connectivity index (χ2n) is 4.54. The van der Waals surface area contributed by atoms with Crippen molar-refractivity contribution in [3.63, 3.8) is 0 Å². The van der Waals surface area contributed by atoms with E-state index in [-0.39, 0.29) is 11.7 Å². The van der Waals surface area contributed by atoms with E-state index >= 15 is 0 Å². The monoisotopic (exact) mass is 276 g/mol. The van der Waals surface area contributed by atoms with Crippen molar-refractivity contribution in [2.45, 2.75) is 6.04 Å². The Bertz CT molecular complexity index is 593. The van der Waals surface area contributed by atoms with Crippen molar-refractivity contribution in [1.29, 1.82) is 0 Å². The van der Waals surface area contributed by atoms with Gasteiger partial charge in [0.1, 0.15) is 11.9 Å². The predicted octanol–water partition coefficient (Wildman–Crippen LogP) is 1.48. The second kappa shape index (κ2) is 5.83. The summed E-state index contributed by atoms with van der Waals surface area (Å²) in [5.41, 5.74) is 1.43. The van der Waals surface area contributed by atoms with Gasteiger partial charge < -0.3 is 10.2 Å². The van der Waals surface area contributed by atoms with E-state index in [1.165, 1.54) is 17.0 Å². The highest BCUT2D eigenvalue weighted by atomic mass is 19.1. The molecule has 2 aromatic rings. The summed E-state index contributed by atoms with van der Waals surface area (Å²) in [6.07, 6.45) is 3.44. The second-order valence-corrected chi connectivity index (χ2v) is 4.54. The summed E-state index contributed by atoms with van der Waals surface area (Å²) in [7, 11) is 5.18. The van der Waals surface area contributed by atoms with Crippen LogP contribution in [0.5, 0.6) is 0 Å². The first kappa shape index (κ1) is 14.2. The molecule has 5 nitrogen and oxygen atoms in total. The molecular formula is C14H17FN4O. The molecule has 106 valence electrons. The van der Waals surface area contributed by atoms with E-state index < -0.39 is 6.04 Å². The molecule has 20 heavy (non-hydrogen) atoms. The molecule has 0 aliphatic heterocycles. The lowest BCUT2D eigenvalue weighted by atomic mass is 10.1. The Morgan fingerprint density at radius 1 is 1.40 bits per heavy atom. The third kappa shape index (κ3) is 2.85. The molecule has 0 fully saturated rings. The highest BCUT2D eigenvalue weighted by Crippen LogP contribution is 2.19. The maximum atomic E-state index is 12.9. The van der Waals surface area contributed by atoms with Gasteiger partial charge in [0.25, 0.3) is 0 Å². The van der Waals surface area contributed by atoms with Gasteiger partial charge in [-0.05, 0) is 31.3 Å². The Hall–Kier alpha value is -2.21. The fourth-order valence-corrected chi connectivity index (χ4v) is 2.01. The number of carbonyl (C=O) groups excluding carboxylic acids is 1. The molecule has 1 aromatic carbocycles. The van der Waals surface area contributed by atoms with E-state index in [2.05, 4.69) is 10.4 Å². The van der Waals surface area contributed by atoms with Gasteiger partial charge in [0.2, 0.25) is 5.91 Å².